The summed E-state index contributed by atoms with van der Waals surface area (Å²) in [6.07, 6.45) is 75.0. The minimum absolute atomic E-state index is 0.141. The SMILES string of the molecule is CC/C=C\C/C=C\C/C=C\C/C=C\C/C=C\C/C=C\CCC(=O)OCC(COC(=O)CC/C=C\C/C=C\C/C=C\C/C=C\CC)OC(=O)CCCCCCCCCCCCCCCCCCC. The van der Waals surface area contributed by atoms with Crippen LogP contribution in [0.4, 0.5) is 0 Å². The van der Waals surface area contributed by atoms with Crippen LogP contribution in [-0.2, 0) is 28.6 Å². The predicted octanol–water partition coefficient (Wildman–Crippen LogP) is 18.1. The van der Waals surface area contributed by atoms with Crippen molar-refractivity contribution in [2.75, 3.05) is 13.2 Å². The zero-order valence-corrected chi connectivity index (χ0v) is 43.1. The van der Waals surface area contributed by atoms with Crippen LogP contribution in [0.5, 0.6) is 0 Å². The van der Waals surface area contributed by atoms with Gasteiger partial charge >= 0.3 is 17.9 Å². The number of allylic oxidation sites excluding steroid dienone is 20. The Hall–Kier alpha value is -4.19. The van der Waals surface area contributed by atoms with Crippen LogP contribution in [0.25, 0.3) is 0 Å². The molecule has 0 aromatic heterocycles. The Kier molecular flexibility index (Phi) is 51.0. The van der Waals surface area contributed by atoms with E-state index < -0.39 is 6.10 Å². The highest BCUT2D eigenvalue weighted by Gasteiger charge is 2.19. The van der Waals surface area contributed by atoms with E-state index in [2.05, 4.69) is 118 Å². The first-order chi connectivity index (χ1) is 33.0. The van der Waals surface area contributed by atoms with Crippen molar-refractivity contribution in [3.8, 4) is 0 Å². The molecule has 0 aromatic carbocycles. The van der Waals surface area contributed by atoms with Crippen molar-refractivity contribution in [2.45, 2.75) is 232 Å². The fraction of sp³-hybridized carbons (Fsp3) is 0.623. The molecule has 0 saturated carbocycles. The third-order valence-corrected chi connectivity index (χ3v) is 11.0. The molecule has 0 N–H and O–H groups in total. The third-order valence-electron chi connectivity index (χ3n) is 11.0. The van der Waals surface area contributed by atoms with Gasteiger partial charge in [0.2, 0.25) is 0 Å². The van der Waals surface area contributed by atoms with Gasteiger partial charge in [0, 0.05) is 19.3 Å². The van der Waals surface area contributed by atoms with E-state index in [9.17, 15) is 14.4 Å². The number of hydrogen-bond donors (Lipinski definition) is 0. The van der Waals surface area contributed by atoms with Crippen LogP contribution in [0.15, 0.2) is 122 Å². The average molecular weight is 927 g/mol. The molecule has 0 radical (unpaired) electrons. The molecule has 0 aliphatic rings. The van der Waals surface area contributed by atoms with Gasteiger partial charge in [0.1, 0.15) is 13.2 Å². The Labute approximate surface area is 412 Å². The molecule has 0 saturated heterocycles. The summed E-state index contributed by atoms with van der Waals surface area (Å²) in [6, 6.07) is 0. The molecule has 6 heteroatoms. The second kappa shape index (κ2) is 54.4. The van der Waals surface area contributed by atoms with E-state index in [0.717, 1.165) is 83.5 Å². The number of hydrogen-bond acceptors (Lipinski definition) is 6. The Morgan fingerprint density at radius 3 is 0.881 bits per heavy atom. The van der Waals surface area contributed by atoms with Crippen LogP contribution in [0.2, 0.25) is 0 Å². The normalized spacial score (nSPS) is 13.1. The van der Waals surface area contributed by atoms with E-state index in [0.29, 0.717) is 19.3 Å². The van der Waals surface area contributed by atoms with E-state index in [1.807, 2.05) is 24.3 Å². The molecule has 0 aliphatic heterocycles. The summed E-state index contributed by atoms with van der Waals surface area (Å²) in [6.45, 7) is 6.28. The smallest absolute Gasteiger partial charge is 0.306 e. The zero-order valence-electron chi connectivity index (χ0n) is 43.1. The maximum Gasteiger partial charge on any atom is 0.306 e. The van der Waals surface area contributed by atoms with Crippen LogP contribution in [0.1, 0.15) is 226 Å². The van der Waals surface area contributed by atoms with Crippen LogP contribution < -0.4 is 0 Å². The Bertz CT molecular complexity index is 1440. The second-order valence-electron chi connectivity index (χ2n) is 17.4. The van der Waals surface area contributed by atoms with E-state index in [1.54, 1.807) is 0 Å². The molecule has 0 aromatic rings. The lowest BCUT2D eigenvalue weighted by Crippen LogP contribution is -2.30. The van der Waals surface area contributed by atoms with E-state index >= 15 is 0 Å². The Morgan fingerprint density at radius 1 is 0.313 bits per heavy atom. The molecule has 0 heterocycles. The second-order valence-corrected chi connectivity index (χ2v) is 17.4. The number of rotatable bonds is 47. The Balaban J connectivity index is 4.56. The maximum absolute atomic E-state index is 12.8. The zero-order chi connectivity index (χ0) is 48.6. The lowest BCUT2D eigenvalue weighted by atomic mass is 10.0. The first kappa shape index (κ1) is 62.8. The predicted molar refractivity (Wildman–Crippen MR) is 288 cm³/mol. The summed E-state index contributed by atoms with van der Waals surface area (Å²) in [5.41, 5.74) is 0. The molecule has 0 spiro atoms. The van der Waals surface area contributed by atoms with Crippen molar-refractivity contribution in [1.29, 1.82) is 0 Å². The highest BCUT2D eigenvalue weighted by Crippen LogP contribution is 2.15. The summed E-state index contributed by atoms with van der Waals surface area (Å²) in [5, 5.41) is 0. The van der Waals surface area contributed by atoms with E-state index in [-0.39, 0.29) is 44.0 Å². The molecule has 0 rings (SSSR count). The highest BCUT2D eigenvalue weighted by molar-refractivity contribution is 5.71. The summed E-state index contributed by atoms with van der Waals surface area (Å²) >= 11 is 0. The maximum atomic E-state index is 12.8. The molecule has 0 amide bonds. The van der Waals surface area contributed by atoms with Gasteiger partial charge in [-0.05, 0) is 83.5 Å². The lowest BCUT2D eigenvalue weighted by molar-refractivity contribution is -0.166. The molecule has 0 aliphatic carbocycles. The lowest BCUT2D eigenvalue weighted by Gasteiger charge is -2.18. The van der Waals surface area contributed by atoms with Gasteiger partial charge in [0.05, 0.1) is 0 Å². The third kappa shape index (κ3) is 52.6. The number of carbonyl (C=O) groups is 3. The number of carbonyl (C=O) groups excluding carboxylic acids is 3. The Morgan fingerprint density at radius 2 is 0.582 bits per heavy atom. The summed E-state index contributed by atoms with van der Waals surface area (Å²) in [4.78, 5) is 38.0. The fourth-order valence-corrected chi connectivity index (χ4v) is 7.01. The van der Waals surface area contributed by atoms with Crippen molar-refractivity contribution in [1.82, 2.24) is 0 Å². The van der Waals surface area contributed by atoms with Crippen LogP contribution in [0, 0.1) is 0 Å². The molecule has 1 atom stereocenters. The molecule has 0 bridgehead atoms. The van der Waals surface area contributed by atoms with E-state index in [4.69, 9.17) is 14.2 Å². The minimum atomic E-state index is -0.838. The molecule has 0 fully saturated rings. The van der Waals surface area contributed by atoms with Gasteiger partial charge in [-0.2, -0.15) is 0 Å². The monoisotopic (exact) mass is 927 g/mol. The molecule has 378 valence electrons. The van der Waals surface area contributed by atoms with Gasteiger partial charge in [0.25, 0.3) is 0 Å². The van der Waals surface area contributed by atoms with Gasteiger partial charge in [-0.15, -0.1) is 0 Å². The first-order valence-electron chi connectivity index (χ1n) is 27.0. The van der Waals surface area contributed by atoms with Crippen molar-refractivity contribution >= 4 is 17.9 Å². The first-order valence-corrected chi connectivity index (χ1v) is 27.0. The van der Waals surface area contributed by atoms with Gasteiger partial charge in [0.15, 0.2) is 6.10 Å². The molecular formula is C61H98O6. The quantitative estimate of drug-likeness (QED) is 0.0262. The van der Waals surface area contributed by atoms with Gasteiger partial charge in [-0.3, -0.25) is 14.4 Å². The van der Waals surface area contributed by atoms with Gasteiger partial charge < -0.3 is 14.2 Å². The minimum Gasteiger partial charge on any atom is -0.462 e. The van der Waals surface area contributed by atoms with Crippen LogP contribution >= 0.6 is 0 Å². The number of esters is 3. The van der Waals surface area contributed by atoms with Crippen LogP contribution in [0.3, 0.4) is 0 Å². The largest absolute Gasteiger partial charge is 0.462 e. The molecule has 67 heavy (non-hydrogen) atoms. The van der Waals surface area contributed by atoms with Crippen LogP contribution in [-0.4, -0.2) is 37.2 Å². The molecular weight excluding hydrogens is 829 g/mol. The van der Waals surface area contributed by atoms with E-state index in [1.165, 1.54) is 89.9 Å². The average Bonchev–Trinajstić information content (AvgIpc) is 3.33. The van der Waals surface area contributed by atoms with Crippen molar-refractivity contribution in [3.63, 3.8) is 0 Å². The standard InChI is InChI=1S/C61H98O6/c1-4-7-10-13-16-19-22-25-27-29-30-32-33-36-39-42-45-48-51-54-60(63)66-57-58(56-65-59(62)53-50-47-44-41-38-35-24-21-18-15-12-9-6-3)67-61(64)55-52-49-46-43-40-37-34-31-28-26-23-20-17-14-11-8-5-2/h7,9-10,12,16,18-19,21,25,27,30,32,35-36,38-39,44-45,47-48,58H,4-6,8,11,13-15,17,20,22-24,26,28-29,31,33-34,37,40-43,46,49-57H2,1-3H3/b10-7-,12-9-,19-16-,21-18-,27-25-,32-30-,38-35-,39-36-,47-44-,48-45-. The van der Waals surface area contributed by atoms with Crippen molar-refractivity contribution in [3.05, 3.63) is 122 Å². The van der Waals surface area contributed by atoms with Crippen molar-refractivity contribution in [2.24, 2.45) is 0 Å². The molecule has 1 unspecified atom stereocenters. The summed E-state index contributed by atoms with van der Waals surface area (Å²) < 4.78 is 16.7. The van der Waals surface area contributed by atoms with Gasteiger partial charge in [-0.1, -0.05) is 245 Å². The summed E-state index contributed by atoms with van der Waals surface area (Å²) in [5.74, 6) is -1.10. The van der Waals surface area contributed by atoms with Gasteiger partial charge in [-0.25, -0.2) is 0 Å². The highest BCUT2D eigenvalue weighted by atomic mass is 16.6. The fourth-order valence-electron chi connectivity index (χ4n) is 7.01. The summed E-state index contributed by atoms with van der Waals surface area (Å²) in [7, 11) is 0. The van der Waals surface area contributed by atoms with Crippen molar-refractivity contribution < 1.29 is 28.6 Å². The number of ether oxygens (including phenoxy) is 3. The number of unbranched alkanes of at least 4 members (excludes halogenated alkanes) is 16. The topological polar surface area (TPSA) is 78.9 Å². The molecule has 6 nitrogen and oxygen atoms in total.